The molecule has 0 aliphatic carbocycles. The van der Waals surface area contributed by atoms with Crippen LogP contribution in [0.4, 0.5) is 5.69 Å². The molecule has 1 aromatic carbocycles. The van der Waals surface area contributed by atoms with E-state index in [9.17, 15) is 9.59 Å². The smallest absolute Gasteiger partial charge is 0.292 e. The number of hydrogen-bond acceptors (Lipinski definition) is 6. The van der Waals surface area contributed by atoms with E-state index < -0.39 is 11.7 Å². The molecule has 0 saturated heterocycles. The van der Waals surface area contributed by atoms with Crippen molar-refractivity contribution in [2.45, 2.75) is 6.54 Å². The lowest BCUT2D eigenvalue weighted by atomic mass is 10.3. The number of thiazole rings is 1. The van der Waals surface area contributed by atoms with Gasteiger partial charge in [-0.2, -0.15) is 0 Å². The van der Waals surface area contributed by atoms with E-state index in [1.165, 1.54) is 0 Å². The molecule has 0 spiro atoms. The molecule has 0 saturated carbocycles. The monoisotopic (exact) mass is 301 g/mol. The van der Waals surface area contributed by atoms with Crippen molar-refractivity contribution in [1.29, 1.82) is 0 Å². The second-order valence-electron chi connectivity index (χ2n) is 4.33. The van der Waals surface area contributed by atoms with Crippen molar-refractivity contribution in [3.63, 3.8) is 0 Å². The Kier molecular flexibility index (Phi) is 3.41. The molecule has 0 atom stereocenters. The number of amides is 1. The number of furan rings is 1. The standard InChI is InChI=1S/C14H11N3O3S/c15-13(19)12(18)14-17-10-4-3-8(6-11(10)21-14)16-7-9-2-1-5-20-9/h1-6,16H,7H2,(H2,15,19). The van der Waals surface area contributed by atoms with Gasteiger partial charge in [-0.1, -0.05) is 0 Å². The Morgan fingerprint density at radius 1 is 1.33 bits per heavy atom. The average Bonchev–Trinajstić information content (AvgIpc) is 3.12. The molecule has 7 heteroatoms. The third-order valence-corrected chi connectivity index (χ3v) is 3.87. The molecule has 6 nitrogen and oxygen atoms in total. The Morgan fingerprint density at radius 2 is 2.19 bits per heavy atom. The molecule has 2 aromatic heterocycles. The van der Waals surface area contributed by atoms with E-state index in [1.54, 1.807) is 12.3 Å². The maximum absolute atomic E-state index is 11.5. The lowest BCUT2D eigenvalue weighted by Crippen LogP contribution is -2.22. The summed E-state index contributed by atoms with van der Waals surface area (Å²) >= 11 is 1.15. The molecule has 2 heterocycles. The first-order valence-electron chi connectivity index (χ1n) is 6.14. The molecule has 21 heavy (non-hydrogen) atoms. The number of Topliss-reactive ketones (excluding diaryl/α,β-unsaturated/α-hetero) is 1. The molecule has 3 N–H and O–H groups in total. The fraction of sp³-hybridized carbons (Fsp3) is 0.0714. The highest BCUT2D eigenvalue weighted by molar-refractivity contribution is 7.21. The molecular weight excluding hydrogens is 290 g/mol. The van der Waals surface area contributed by atoms with Gasteiger partial charge in [0.25, 0.3) is 11.7 Å². The number of fused-ring (bicyclic) bond motifs is 1. The van der Waals surface area contributed by atoms with Crippen LogP contribution in [0.1, 0.15) is 15.6 Å². The van der Waals surface area contributed by atoms with Crippen LogP contribution >= 0.6 is 11.3 Å². The summed E-state index contributed by atoms with van der Waals surface area (Å²) in [6, 6.07) is 9.21. The van der Waals surface area contributed by atoms with E-state index >= 15 is 0 Å². The number of nitrogens with two attached hydrogens (primary N) is 1. The van der Waals surface area contributed by atoms with Gasteiger partial charge in [0.15, 0.2) is 5.01 Å². The number of rotatable bonds is 5. The van der Waals surface area contributed by atoms with Crippen LogP contribution in [-0.2, 0) is 11.3 Å². The van der Waals surface area contributed by atoms with Gasteiger partial charge in [0, 0.05) is 5.69 Å². The van der Waals surface area contributed by atoms with Gasteiger partial charge in [0.1, 0.15) is 5.76 Å². The zero-order valence-corrected chi connectivity index (χ0v) is 11.6. The largest absolute Gasteiger partial charge is 0.467 e. The maximum atomic E-state index is 11.5. The molecule has 3 rings (SSSR count). The number of benzene rings is 1. The number of nitrogens with zero attached hydrogens (tertiary/aromatic N) is 1. The second kappa shape index (κ2) is 5.37. The summed E-state index contributed by atoms with van der Waals surface area (Å²) in [6.45, 7) is 0.560. The highest BCUT2D eigenvalue weighted by Gasteiger charge is 2.17. The summed E-state index contributed by atoms with van der Waals surface area (Å²) in [5.41, 5.74) is 6.51. The Hall–Kier alpha value is -2.67. The van der Waals surface area contributed by atoms with Crippen molar-refractivity contribution in [3.8, 4) is 0 Å². The summed E-state index contributed by atoms with van der Waals surface area (Å²) < 4.78 is 6.05. The molecule has 1 amide bonds. The Bertz CT molecular complexity index is 808. The predicted molar refractivity (Wildman–Crippen MR) is 79.2 cm³/mol. The van der Waals surface area contributed by atoms with Gasteiger partial charge in [-0.3, -0.25) is 9.59 Å². The molecule has 106 valence electrons. The second-order valence-corrected chi connectivity index (χ2v) is 5.36. The number of nitrogens with one attached hydrogen (secondary N) is 1. The van der Waals surface area contributed by atoms with Crippen LogP contribution < -0.4 is 11.1 Å². The van der Waals surface area contributed by atoms with Gasteiger partial charge in [-0.25, -0.2) is 4.98 Å². The minimum atomic E-state index is -0.995. The van der Waals surface area contributed by atoms with Crippen LogP contribution in [-0.4, -0.2) is 16.7 Å². The number of ketones is 1. The highest BCUT2D eigenvalue weighted by Crippen LogP contribution is 2.25. The summed E-state index contributed by atoms with van der Waals surface area (Å²) in [5.74, 6) is -0.935. The first-order valence-corrected chi connectivity index (χ1v) is 6.96. The van der Waals surface area contributed by atoms with E-state index in [2.05, 4.69) is 10.3 Å². The van der Waals surface area contributed by atoms with E-state index in [-0.39, 0.29) is 5.01 Å². The van der Waals surface area contributed by atoms with Gasteiger partial charge in [0.05, 0.1) is 23.0 Å². The Labute approximate surface area is 123 Å². The zero-order chi connectivity index (χ0) is 14.8. The molecule has 3 aromatic rings. The van der Waals surface area contributed by atoms with Crippen molar-refractivity contribution in [2.75, 3.05) is 5.32 Å². The quantitative estimate of drug-likeness (QED) is 0.556. The van der Waals surface area contributed by atoms with Gasteiger partial charge in [-0.15, -0.1) is 11.3 Å². The van der Waals surface area contributed by atoms with E-state index in [0.29, 0.717) is 12.1 Å². The van der Waals surface area contributed by atoms with Crippen LogP contribution in [0, 0.1) is 0 Å². The van der Waals surface area contributed by atoms with E-state index in [0.717, 1.165) is 27.5 Å². The first-order chi connectivity index (χ1) is 10.1. The van der Waals surface area contributed by atoms with E-state index in [4.69, 9.17) is 10.2 Å². The van der Waals surface area contributed by atoms with Crippen molar-refractivity contribution in [1.82, 2.24) is 4.98 Å². The molecular formula is C14H11N3O3S. The number of carbonyl (C=O) groups is 2. The third kappa shape index (κ3) is 2.77. The molecule has 0 radical (unpaired) electrons. The summed E-state index contributed by atoms with van der Waals surface area (Å²) in [4.78, 5) is 26.5. The van der Waals surface area contributed by atoms with Crippen molar-refractivity contribution >= 4 is 38.9 Å². The zero-order valence-electron chi connectivity index (χ0n) is 10.8. The maximum Gasteiger partial charge on any atom is 0.292 e. The highest BCUT2D eigenvalue weighted by atomic mass is 32.1. The minimum absolute atomic E-state index is 0.112. The minimum Gasteiger partial charge on any atom is -0.467 e. The van der Waals surface area contributed by atoms with Crippen molar-refractivity contribution in [3.05, 3.63) is 47.4 Å². The summed E-state index contributed by atoms with van der Waals surface area (Å²) in [7, 11) is 0. The molecule has 0 aliphatic rings. The molecule has 0 fully saturated rings. The number of aromatic nitrogens is 1. The average molecular weight is 301 g/mol. The number of anilines is 1. The number of hydrogen-bond donors (Lipinski definition) is 2. The van der Waals surface area contributed by atoms with Gasteiger partial charge >= 0.3 is 0 Å². The number of primary amides is 1. The SMILES string of the molecule is NC(=O)C(=O)c1nc2ccc(NCc3ccco3)cc2s1. The first kappa shape index (κ1) is 13.3. The normalized spacial score (nSPS) is 10.7. The van der Waals surface area contributed by atoms with Crippen LogP contribution in [0.25, 0.3) is 10.2 Å². The molecule has 0 unspecified atom stereocenters. The van der Waals surface area contributed by atoms with Gasteiger partial charge in [-0.05, 0) is 30.3 Å². The lowest BCUT2D eigenvalue weighted by Gasteiger charge is -2.03. The van der Waals surface area contributed by atoms with Crippen molar-refractivity contribution < 1.29 is 14.0 Å². The fourth-order valence-electron chi connectivity index (χ4n) is 1.84. The number of carbonyl (C=O) groups excluding carboxylic acids is 2. The van der Waals surface area contributed by atoms with Crippen LogP contribution in [0.3, 0.4) is 0 Å². The topological polar surface area (TPSA) is 98.2 Å². The van der Waals surface area contributed by atoms with Gasteiger partial charge < -0.3 is 15.5 Å². The predicted octanol–water partition coefficient (Wildman–Crippen LogP) is 2.17. The molecule has 0 aliphatic heterocycles. The lowest BCUT2D eigenvalue weighted by molar-refractivity contribution is -0.114. The molecule has 0 bridgehead atoms. The van der Waals surface area contributed by atoms with Crippen LogP contribution in [0.15, 0.2) is 41.0 Å². The van der Waals surface area contributed by atoms with Crippen LogP contribution in [0.2, 0.25) is 0 Å². The van der Waals surface area contributed by atoms with E-state index in [1.807, 2.05) is 24.3 Å². The van der Waals surface area contributed by atoms with Gasteiger partial charge in [0.2, 0.25) is 0 Å². The Morgan fingerprint density at radius 3 is 2.90 bits per heavy atom. The summed E-state index contributed by atoms with van der Waals surface area (Å²) in [5, 5.41) is 3.32. The van der Waals surface area contributed by atoms with Crippen LogP contribution in [0.5, 0.6) is 0 Å². The fourth-order valence-corrected chi connectivity index (χ4v) is 2.79. The van der Waals surface area contributed by atoms with Crippen molar-refractivity contribution in [2.24, 2.45) is 5.73 Å². The summed E-state index contributed by atoms with van der Waals surface area (Å²) in [6.07, 6.45) is 1.62. The third-order valence-electron chi connectivity index (χ3n) is 2.85. The Balaban J connectivity index is 1.82.